The van der Waals surface area contributed by atoms with Gasteiger partial charge in [-0.05, 0) is 29.3 Å². The maximum Gasteiger partial charge on any atom is 0.254 e. The van der Waals surface area contributed by atoms with Gasteiger partial charge in [-0.25, -0.2) is 4.98 Å². The van der Waals surface area contributed by atoms with E-state index in [2.05, 4.69) is 65.7 Å². The van der Waals surface area contributed by atoms with Gasteiger partial charge in [0.15, 0.2) is 0 Å². The minimum absolute atomic E-state index is 0.00335. The zero-order chi connectivity index (χ0) is 24.8. The normalized spacial score (nSPS) is 14.0. The molecule has 0 bridgehead atoms. The van der Waals surface area contributed by atoms with Gasteiger partial charge in [0.2, 0.25) is 5.95 Å². The number of hydrogen-bond donors (Lipinski definition) is 2. The predicted octanol–water partition coefficient (Wildman–Crippen LogP) is 4.78. The number of alkyl halides is 1. The molecule has 10 heteroatoms. The maximum atomic E-state index is 13.2. The van der Waals surface area contributed by atoms with Crippen LogP contribution in [0.4, 0.5) is 17.5 Å². The van der Waals surface area contributed by atoms with E-state index in [-0.39, 0.29) is 5.91 Å². The molecule has 0 saturated carbocycles. The molecule has 184 valence electrons. The van der Waals surface area contributed by atoms with Crippen molar-refractivity contribution in [3.05, 3.63) is 70.4 Å². The highest BCUT2D eigenvalue weighted by Crippen LogP contribution is 2.29. The number of ether oxygens (including phenoxy) is 1. The van der Waals surface area contributed by atoms with Crippen molar-refractivity contribution in [3.8, 4) is 5.75 Å². The van der Waals surface area contributed by atoms with Crippen LogP contribution in [0.25, 0.3) is 0 Å². The van der Waals surface area contributed by atoms with Gasteiger partial charge in [-0.2, -0.15) is 4.98 Å². The third-order valence-corrected chi connectivity index (χ3v) is 6.84. The van der Waals surface area contributed by atoms with Crippen LogP contribution in [-0.2, 0) is 11.9 Å². The van der Waals surface area contributed by atoms with E-state index in [9.17, 15) is 4.79 Å². The highest BCUT2D eigenvalue weighted by molar-refractivity contribution is 9.08. The van der Waals surface area contributed by atoms with Gasteiger partial charge >= 0.3 is 0 Å². The number of hydrogen-bond acceptors (Lipinski definition) is 7. The van der Waals surface area contributed by atoms with Gasteiger partial charge in [-0.1, -0.05) is 51.8 Å². The number of anilines is 3. The topological polar surface area (TPSA) is 82.6 Å². The predicted molar refractivity (Wildman–Crippen MR) is 143 cm³/mol. The zero-order valence-electron chi connectivity index (χ0n) is 19.7. The van der Waals surface area contributed by atoms with Crippen LogP contribution in [0.1, 0.15) is 21.5 Å². The number of nitrogens with one attached hydrogen (secondary N) is 2. The van der Waals surface area contributed by atoms with Crippen molar-refractivity contribution in [1.82, 2.24) is 19.8 Å². The van der Waals surface area contributed by atoms with Crippen molar-refractivity contribution in [2.45, 2.75) is 11.9 Å². The van der Waals surface area contributed by atoms with Crippen LogP contribution in [0.2, 0.25) is 5.02 Å². The fourth-order valence-corrected chi connectivity index (χ4v) is 4.49. The number of piperazine rings is 1. The summed E-state index contributed by atoms with van der Waals surface area (Å²) in [6, 6.07) is 14.0. The number of carbonyl (C=O) groups is 1. The number of nitrogens with zero attached hydrogens (tertiary/aromatic N) is 4. The van der Waals surface area contributed by atoms with Crippen LogP contribution in [0, 0.1) is 0 Å². The first-order chi connectivity index (χ1) is 17.0. The van der Waals surface area contributed by atoms with Gasteiger partial charge in [0.1, 0.15) is 16.6 Å². The lowest BCUT2D eigenvalue weighted by molar-refractivity contribution is 0.0628. The summed E-state index contributed by atoms with van der Waals surface area (Å²) in [5, 5.41) is 7.34. The molecule has 2 heterocycles. The molecule has 1 saturated heterocycles. The van der Waals surface area contributed by atoms with E-state index in [1.54, 1.807) is 32.4 Å². The van der Waals surface area contributed by atoms with Crippen LogP contribution < -0.4 is 15.4 Å². The quantitative estimate of drug-likeness (QED) is 0.385. The standard InChI is InChI=1S/C25H28BrClN6O2/c1-28-23-20(27)15-29-25(31-23)30-21-8-7-19(13-22(21)35-2)24(34)33-11-9-32(10-12-33)16-18-5-3-17(14-26)4-6-18/h3-8,13,15H,9-12,14,16H2,1-2H3,(H2,28,29,30,31). The first-order valence-electron chi connectivity index (χ1n) is 11.3. The molecular formula is C25H28BrClN6O2. The molecule has 0 atom stereocenters. The van der Waals surface area contributed by atoms with E-state index in [1.165, 1.54) is 17.3 Å². The van der Waals surface area contributed by atoms with Crippen LogP contribution in [0.15, 0.2) is 48.7 Å². The second-order valence-corrected chi connectivity index (χ2v) is 9.17. The Bertz CT molecular complexity index is 1170. The zero-order valence-corrected chi connectivity index (χ0v) is 22.1. The first kappa shape index (κ1) is 25.2. The smallest absolute Gasteiger partial charge is 0.254 e. The molecule has 3 aromatic rings. The van der Waals surface area contributed by atoms with E-state index in [1.807, 2.05) is 4.90 Å². The molecule has 2 aromatic carbocycles. The minimum Gasteiger partial charge on any atom is -0.495 e. The van der Waals surface area contributed by atoms with Gasteiger partial charge in [-0.3, -0.25) is 9.69 Å². The molecule has 4 rings (SSSR count). The first-order valence-corrected chi connectivity index (χ1v) is 12.8. The number of benzene rings is 2. The SMILES string of the molecule is CNc1nc(Nc2ccc(C(=O)N3CCN(Cc4ccc(CBr)cc4)CC3)cc2OC)ncc1Cl. The van der Waals surface area contributed by atoms with Crippen molar-refractivity contribution in [2.24, 2.45) is 0 Å². The largest absolute Gasteiger partial charge is 0.495 e. The minimum atomic E-state index is -0.00335. The van der Waals surface area contributed by atoms with Crippen molar-refractivity contribution in [1.29, 1.82) is 0 Å². The van der Waals surface area contributed by atoms with Gasteiger partial charge in [0.25, 0.3) is 5.91 Å². The Morgan fingerprint density at radius 3 is 2.49 bits per heavy atom. The third-order valence-electron chi connectivity index (χ3n) is 5.92. The second kappa shape index (κ2) is 11.7. The fourth-order valence-electron chi connectivity index (χ4n) is 3.93. The van der Waals surface area contributed by atoms with Crippen LogP contribution in [0.3, 0.4) is 0 Å². The van der Waals surface area contributed by atoms with E-state index in [0.29, 0.717) is 46.9 Å². The highest BCUT2D eigenvalue weighted by Gasteiger charge is 2.23. The average molecular weight is 560 g/mol. The Morgan fingerprint density at radius 1 is 1.11 bits per heavy atom. The molecule has 8 nitrogen and oxygen atoms in total. The lowest BCUT2D eigenvalue weighted by Crippen LogP contribution is -2.48. The number of halogens is 2. The summed E-state index contributed by atoms with van der Waals surface area (Å²) < 4.78 is 5.53. The van der Waals surface area contributed by atoms with Crippen molar-refractivity contribution < 1.29 is 9.53 Å². The Labute approximate surface area is 218 Å². The molecule has 1 amide bonds. The molecule has 0 spiro atoms. The molecule has 0 unspecified atom stereocenters. The number of methoxy groups -OCH3 is 1. The van der Waals surface area contributed by atoms with Gasteiger partial charge < -0.3 is 20.3 Å². The molecule has 0 radical (unpaired) electrons. The van der Waals surface area contributed by atoms with Crippen LogP contribution in [0.5, 0.6) is 5.75 Å². The summed E-state index contributed by atoms with van der Waals surface area (Å²) >= 11 is 9.54. The van der Waals surface area contributed by atoms with Crippen LogP contribution in [-0.4, -0.2) is 66.0 Å². The summed E-state index contributed by atoms with van der Waals surface area (Å²) in [4.78, 5) is 26.0. The van der Waals surface area contributed by atoms with Crippen molar-refractivity contribution >= 4 is 50.9 Å². The van der Waals surface area contributed by atoms with Crippen molar-refractivity contribution in [2.75, 3.05) is 51.0 Å². The Morgan fingerprint density at radius 2 is 1.83 bits per heavy atom. The molecule has 1 aliphatic rings. The molecule has 2 N–H and O–H groups in total. The highest BCUT2D eigenvalue weighted by atomic mass is 79.9. The van der Waals surface area contributed by atoms with Gasteiger partial charge in [-0.15, -0.1) is 0 Å². The molecular weight excluding hydrogens is 532 g/mol. The number of amides is 1. The summed E-state index contributed by atoms with van der Waals surface area (Å²) in [5.41, 5.74) is 3.79. The molecule has 35 heavy (non-hydrogen) atoms. The maximum absolute atomic E-state index is 13.2. The molecule has 1 aliphatic heterocycles. The Hall–Kier alpha value is -2.88. The van der Waals surface area contributed by atoms with E-state index >= 15 is 0 Å². The third kappa shape index (κ3) is 6.22. The number of rotatable bonds is 8. The second-order valence-electron chi connectivity index (χ2n) is 8.20. The van der Waals surface area contributed by atoms with E-state index in [4.69, 9.17) is 16.3 Å². The Balaban J connectivity index is 1.38. The lowest BCUT2D eigenvalue weighted by Gasteiger charge is -2.35. The fraction of sp³-hybridized carbons (Fsp3) is 0.320. The van der Waals surface area contributed by atoms with Gasteiger partial charge in [0, 0.05) is 50.7 Å². The number of carbonyl (C=O) groups excluding carboxylic acids is 1. The summed E-state index contributed by atoms with van der Waals surface area (Å²) in [6.07, 6.45) is 1.52. The summed E-state index contributed by atoms with van der Waals surface area (Å²) in [5.74, 6) is 1.42. The summed E-state index contributed by atoms with van der Waals surface area (Å²) in [6.45, 7) is 3.94. The van der Waals surface area contributed by atoms with E-state index < -0.39 is 0 Å². The van der Waals surface area contributed by atoms with Crippen molar-refractivity contribution in [3.63, 3.8) is 0 Å². The molecule has 0 aliphatic carbocycles. The monoisotopic (exact) mass is 558 g/mol. The Kier molecular flexibility index (Phi) is 8.43. The van der Waals surface area contributed by atoms with Crippen LogP contribution >= 0.6 is 27.5 Å². The van der Waals surface area contributed by atoms with Gasteiger partial charge in [0.05, 0.1) is 19.0 Å². The number of aromatic nitrogens is 2. The van der Waals surface area contributed by atoms with E-state index in [0.717, 1.165) is 25.0 Å². The molecule has 1 fully saturated rings. The summed E-state index contributed by atoms with van der Waals surface area (Å²) in [7, 11) is 3.31. The average Bonchev–Trinajstić information content (AvgIpc) is 2.90. The molecule has 1 aromatic heterocycles. The lowest BCUT2D eigenvalue weighted by atomic mass is 10.1.